The van der Waals surface area contributed by atoms with E-state index in [9.17, 15) is 8.42 Å². The van der Waals surface area contributed by atoms with Crippen LogP contribution in [0.2, 0.25) is 0 Å². The average Bonchev–Trinajstić information content (AvgIpc) is 2.34. The van der Waals surface area contributed by atoms with Gasteiger partial charge in [-0.15, -0.1) is 6.58 Å². The molecule has 0 aliphatic rings. The first-order valence-corrected chi connectivity index (χ1v) is 6.92. The zero-order valence-electron chi connectivity index (χ0n) is 9.85. The summed E-state index contributed by atoms with van der Waals surface area (Å²) < 4.78 is 31.2. The van der Waals surface area contributed by atoms with Gasteiger partial charge in [0.05, 0.1) is 11.5 Å². The van der Waals surface area contributed by atoms with Gasteiger partial charge < -0.3 is 4.74 Å². The van der Waals surface area contributed by atoms with Crippen molar-refractivity contribution in [1.82, 2.24) is 4.72 Å². The fourth-order valence-electron chi connectivity index (χ4n) is 1.19. The summed E-state index contributed by atoms with van der Waals surface area (Å²) in [4.78, 5) is 0.225. The minimum absolute atomic E-state index is 0.219. The Hall–Kier alpha value is -1.33. The van der Waals surface area contributed by atoms with Crippen LogP contribution in [0.25, 0.3) is 0 Å². The van der Waals surface area contributed by atoms with Crippen LogP contribution in [0, 0.1) is 0 Å². The number of nitrogens with one attached hydrogen (secondary N) is 1. The normalized spacial score (nSPS) is 11.1. The molecule has 0 saturated carbocycles. The highest BCUT2D eigenvalue weighted by molar-refractivity contribution is 7.89. The molecular weight excluding hydrogens is 238 g/mol. The van der Waals surface area contributed by atoms with E-state index in [1.165, 1.54) is 18.2 Å². The topological polar surface area (TPSA) is 55.4 Å². The highest BCUT2D eigenvalue weighted by atomic mass is 32.2. The number of ether oxygens (including phenoxy) is 1. The molecule has 0 saturated heterocycles. The molecule has 0 spiro atoms. The predicted octanol–water partition coefficient (Wildman–Crippen LogP) is 1.94. The van der Waals surface area contributed by atoms with Gasteiger partial charge in [0, 0.05) is 6.54 Å². The predicted molar refractivity (Wildman–Crippen MR) is 67.6 cm³/mol. The zero-order chi connectivity index (χ0) is 12.7. The van der Waals surface area contributed by atoms with E-state index < -0.39 is 10.0 Å². The summed E-state index contributed by atoms with van der Waals surface area (Å²) in [5.41, 5.74) is 0. The Labute approximate surface area is 102 Å². The summed E-state index contributed by atoms with van der Waals surface area (Å²) in [5, 5.41) is 0. The van der Waals surface area contributed by atoms with Crippen LogP contribution in [-0.4, -0.2) is 21.6 Å². The number of hydrogen-bond acceptors (Lipinski definition) is 3. The summed E-state index contributed by atoms with van der Waals surface area (Å²) >= 11 is 0. The summed E-state index contributed by atoms with van der Waals surface area (Å²) in [6.45, 7) is 6.31. The third kappa shape index (κ3) is 4.20. The second-order valence-electron chi connectivity index (χ2n) is 3.46. The molecule has 94 valence electrons. The molecule has 0 atom stereocenters. The van der Waals surface area contributed by atoms with Gasteiger partial charge in [-0.25, -0.2) is 13.1 Å². The van der Waals surface area contributed by atoms with Crippen molar-refractivity contribution in [3.63, 3.8) is 0 Å². The van der Waals surface area contributed by atoms with Gasteiger partial charge >= 0.3 is 0 Å². The van der Waals surface area contributed by atoms with Gasteiger partial charge in [0.2, 0.25) is 10.0 Å². The van der Waals surface area contributed by atoms with Crippen molar-refractivity contribution in [3.8, 4) is 5.75 Å². The molecule has 0 radical (unpaired) electrons. The van der Waals surface area contributed by atoms with Gasteiger partial charge in [-0.2, -0.15) is 0 Å². The lowest BCUT2D eigenvalue weighted by Crippen LogP contribution is -2.23. The van der Waals surface area contributed by atoms with Crippen LogP contribution in [-0.2, 0) is 10.0 Å². The van der Waals surface area contributed by atoms with Crippen molar-refractivity contribution in [1.29, 1.82) is 0 Å². The maximum absolute atomic E-state index is 11.7. The van der Waals surface area contributed by atoms with Crippen LogP contribution in [0.1, 0.15) is 13.3 Å². The van der Waals surface area contributed by atoms with E-state index in [2.05, 4.69) is 11.3 Å². The Morgan fingerprint density at radius 3 is 2.53 bits per heavy atom. The van der Waals surface area contributed by atoms with E-state index in [0.29, 0.717) is 12.4 Å². The Bertz CT molecular complexity index is 451. The first-order chi connectivity index (χ1) is 8.10. The molecule has 0 aliphatic carbocycles. The smallest absolute Gasteiger partial charge is 0.240 e. The van der Waals surface area contributed by atoms with Gasteiger partial charge in [-0.05, 0) is 30.7 Å². The lowest BCUT2D eigenvalue weighted by atomic mass is 10.3. The summed E-state index contributed by atoms with van der Waals surface area (Å²) in [6, 6.07) is 6.35. The number of hydrogen-bond donors (Lipinski definition) is 1. The van der Waals surface area contributed by atoms with Crippen LogP contribution in [0.3, 0.4) is 0 Å². The minimum Gasteiger partial charge on any atom is -0.494 e. The Morgan fingerprint density at radius 2 is 2.00 bits per heavy atom. The van der Waals surface area contributed by atoms with Crippen LogP contribution in [0.15, 0.2) is 41.8 Å². The SMILES string of the molecule is C=CCNS(=O)(=O)c1ccc(OCCC)cc1. The summed E-state index contributed by atoms with van der Waals surface area (Å²) in [6.07, 6.45) is 2.41. The third-order valence-electron chi connectivity index (χ3n) is 2.02. The molecule has 0 bridgehead atoms. The minimum atomic E-state index is -3.44. The second-order valence-corrected chi connectivity index (χ2v) is 5.23. The first-order valence-electron chi connectivity index (χ1n) is 5.43. The van der Waals surface area contributed by atoms with Gasteiger partial charge in [0.25, 0.3) is 0 Å². The lowest BCUT2D eigenvalue weighted by Gasteiger charge is -2.07. The average molecular weight is 255 g/mol. The Kier molecular flexibility index (Phi) is 5.18. The van der Waals surface area contributed by atoms with Gasteiger partial charge in [-0.1, -0.05) is 13.0 Å². The number of sulfonamides is 1. The second kappa shape index (κ2) is 6.42. The maximum atomic E-state index is 11.7. The van der Waals surface area contributed by atoms with Crippen molar-refractivity contribution in [2.24, 2.45) is 0 Å². The quantitative estimate of drug-likeness (QED) is 0.757. The van der Waals surface area contributed by atoms with Crippen molar-refractivity contribution < 1.29 is 13.2 Å². The molecule has 0 fully saturated rings. The number of benzene rings is 1. The Balaban J connectivity index is 2.76. The molecule has 0 amide bonds. The monoisotopic (exact) mass is 255 g/mol. The van der Waals surface area contributed by atoms with Gasteiger partial charge in [-0.3, -0.25) is 0 Å². The van der Waals surface area contributed by atoms with Crippen LogP contribution < -0.4 is 9.46 Å². The largest absolute Gasteiger partial charge is 0.494 e. The first kappa shape index (κ1) is 13.7. The van der Waals surface area contributed by atoms with Crippen LogP contribution >= 0.6 is 0 Å². The van der Waals surface area contributed by atoms with E-state index in [4.69, 9.17) is 4.74 Å². The van der Waals surface area contributed by atoms with Crippen LogP contribution in [0.4, 0.5) is 0 Å². The molecule has 1 rings (SSSR count). The highest BCUT2D eigenvalue weighted by Gasteiger charge is 2.12. The third-order valence-corrected chi connectivity index (χ3v) is 3.46. The fourth-order valence-corrected chi connectivity index (χ4v) is 2.19. The molecular formula is C12H17NO3S. The van der Waals surface area contributed by atoms with E-state index in [-0.39, 0.29) is 11.4 Å². The molecule has 1 aromatic rings. The summed E-state index contributed by atoms with van der Waals surface area (Å²) in [5.74, 6) is 0.675. The molecule has 0 heterocycles. The molecule has 4 nitrogen and oxygen atoms in total. The van der Waals surface area contributed by atoms with Gasteiger partial charge in [0.15, 0.2) is 0 Å². The number of rotatable bonds is 7. The highest BCUT2D eigenvalue weighted by Crippen LogP contribution is 2.15. The van der Waals surface area contributed by atoms with Crippen molar-refractivity contribution in [2.45, 2.75) is 18.2 Å². The summed E-state index contributed by atoms with van der Waals surface area (Å²) in [7, 11) is -3.44. The van der Waals surface area contributed by atoms with Crippen molar-refractivity contribution in [3.05, 3.63) is 36.9 Å². The van der Waals surface area contributed by atoms with Gasteiger partial charge in [0.1, 0.15) is 5.75 Å². The molecule has 0 aliphatic heterocycles. The Morgan fingerprint density at radius 1 is 1.35 bits per heavy atom. The molecule has 5 heteroatoms. The molecule has 1 N–H and O–H groups in total. The van der Waals surface area contributed by atoms with E-state index >= 15 is 0 Å². The van der Waals surface area contributed by atoms with E-state index in [0.717, 1.165) is 6.42 Å². The fraction of sp³-hybridized carbons (Fsp3) is 0.333. The molecule has 1 aromatic carbocycles. The van der Waals surface area contributed by atoms with Crippen molar-refractivity contribution in [2.75, 3.05) is 13.2 Å². The van der Waals surface area contributed by atoms with Crippen molar-refractivity contribution >= 4 is 10.0 Å². The van der Waals surface area contributed by atoms with E-state index in [1.807, 2.05) is 6.92 Å². The maximum Gasteiger partial charge on any atom is 0.240 e. The molecule has 0 unspecified atom stereocenters. The lowest BCUT2D eigenvalue weighted by molar-refractivity contribution is 0.317. The standard InChI is InChI=1S/C12H17NO3S/c1-3-9-13-17(14,15)12-7-5-11(6-8-12)16-10-4-2/h3,5-8,13H,1,4,9-10H2,2H3. The van der Waals surface area contributed by atoms with E-state index in [1.54, 1.807) is 12.1 Å². The molecule has 0 aromatic heterocycles. The zero-order valence-corrected chi connectivity index (χ0v) is 10.7. The molecule has 17 heavy (non-hydrogen) atoms. The van der Waals surface area contributed by atoms with Crippen LogP contribution in [0.5, 0.6) is 5.75 Å².